The van der Waals surface area contributed by atoms with Crippen molar-refractivity contribution >= 4 is 12.4 Å². The fourth-order valence-electron chi connectivity index (χ4n) is 2.15. The lowest BCUT2D eigenvalue weighted by Crippen LogP contribution is -2.30. The topological polar surface area (TPSA) is 44.3 Å². The molecule has 1 aromatic rings. The molecule has 18 heavy (non-hydrogen) atoms. The molecule has 1 heterocycles. The number of benzene rings is 1. The first kappa shape index (κ1) is 15.4. The number of hydrogen-bond donors (Lipinski definition) is 3. The van der Waals surface area contributed by atoms with E-state index in [1.54, 1.807) is 12.1 Å². The van der Waals surface area contributed by atoms with Crippen molar-refractivity contribution in [3.8, 4) is 0 Å². The van der Waals surface area contributed by atoms with E-state index in [4.69, 9.17) is 0 Å². The Kier molecular flexibility index (Phi) is 6.02. The molecule has 0 amide bonds. The summed E-state index contributed by atoms with van der Waals surface area (Å²) in [4.78, 5) is 0. The van der Waals surface area contributed by atoms with Crippen LogP contribution in [0.2, 0.25) is 0 Å². The van der Waals surface area contributed by atoms with Gasteiger partial charge in [-0.25, -0.2) is 4.39 Å². The summed E-state index contributed by atoms with van der Waals surface area (Å²) in [5.41, 5.74) is 2.06. The molecule has 2 unspecified atom stereocenters. The van der Waals surface area contributed by atoms with Crippen molar-refractivity contribution in [3.05, 3.63) is 35.1 Å². The highest BCUT2D eigenvalue weighted by Gasteiger charge is 2.23. The SMILES string of the molecule is Cc1ccc(F)cc1CNCC1CNCC1O.Cl. The summed E-state index contributed by atoms with van der Waals surface area (Å²) in [5, 5.41) is 16.0. The van der Waals surface area contributed by atoms with Gasteiger partial charge in [-0.2, -0.15) is 0 Å². The summed E-state index contributed by atoms with van der Waals surface area (Å²) >= 11 is 0. The number of hydrogen-bond acceptors (Lipinski definition) is 3. The molecule has 0 aromatic heterocycles. The summed E-state index contributed by atoms with van der Waals surface area (Å²) in [6, 6.07) is 4.83. The Labute approximate surface area is 113 Å². The van der Waals surface area contributed by atoms with Crippen LogP contribution in [-0.4, -0.2) is 30.8 Å². The molecule has 0 bridgehead atoms. The first-order chi connectivity index (χ1) is 8.16. The highest BCUT2D eigenvalue weighted by Crippen LogP contribution is 2.11. The third kappa shape index (κ3) is 3.92. The maximum atomic E-state index is 13.1. The lowest BCUT2D eigenvalue weighted by atomic mass is 10.1. The first-order valence-electron chi connectivity index (χ1n) is 6.01. The Balaban J connectivity index is 0.00000162. The van der Waals surface area contributed by atoms with Gasteiger partial charge in [0, 0.05) is 32.1 Å². The van der Waals surface area contributed by atoms with Gasteiger partial charge in [-0.1, -0.05) is 6.07 Å². The van der Waals surface area contributed by atoms with Crippen LogP contribution >= 0.6 is 12.4 Å². The minimum atomic E-state index is -0.267. The zero-order chi connectivity index (χ0) is 12.3. The molecule has 0 spiro atoms. The van der Waals surface area contributed by atoms with Crippen molar-refractivity contribution in [3.63, 3.8) is 0 Å². The number of rotatable bonds is 4. The molecule has 0 radical (unpaired) electrons. The largest absolute Gasteiger partial charge is 0.391 e. The monoisotopic (exact) mass is 274 g/mol. The van der Waals surface area contributed by atoms with Gasteiger partial charge in [-0.3, -0.25) is 0 Å². The second kappa shape index (κ2) is 7.04. The second-order valence-corrected chi connectivity index (χ2v) is 4.69. The van der Waals surface area contributed by atoms with Crippen LogP contribution in [0.3, 0.4) is 0 Å². The van der Waals surface area contributed by atoms with Gasteiger partial charge in [0.25, 0.3) is 0 Å². The van der Waals surface area contributed by atoms with E-state index >= 15 is 0 Å². The molecule has 1 aliphatic heterocycles. The van der Waals surface area contributed by atoms with Crippen LogP contribution in [0.5, 0.6) is 0 Å². The van der Waals surface area contributed by atoms with Crippen molar-refractivity contribution in [2.75, 3.05) is 19.6 Å². The van der Waals surface area contributed by atoms with Crippen molar-refractivity contribution in [1.82, 2.24) is 10.6 Å². The van der Waals surface area contributed by atoms with Crippen LogP contribution in [0.1, 0.15) is 11.1 Å². The predicted octanol–water partition coefficient (Wildman–Crippen LogP) is 1.23. The molecule has 0 saturated carbocycles. The first-order valence-corrected chi connectivity index (χ1v) is 6.01. The van der Waals surface area contributed by atoms with E-state index in [9.17, 15) is 9.50 Å². The van der Waals surface area contributed by atoms with Crippen LogP contribution in [-0.2, 0) is 6.54 Å². The molecular formula is C13H20ClFN2O. The van der Waals surface area contributed by atoms with Gasteiger partial charge in [-0.05, 0) is 30.2 Å². The lowest BCUT2D eigenvalue weighted by Gasteiger charge is -2.14. The van der Waals surface area contributed by atoms with E-state index < -0.39 is 0 Å². The van der Waals surface area contributed by atoms with E-state index in [0.717, 1.165) is 24.2 Å². The van der Waals surface area contributed by atoms with Crippen molar-refractivity contribution in [2.45, 2.75) is 19.6 Å². The van der Waals surface area contributed by atoms with E-state index in [-0.39, 0.29) is 30.2 Å². The number of halogens is 2. The second-order valence-electron chi connectivity index (χ2n) is 4.69. The minimum absolute atomic E-state index is 0. The maximum Gasteiger partial charge on any atom is 0.123 e. The highest BCUT2D eigenvalue weighted by atomic mass is 35.5. The van der Waals surface area contributed by atoms with Gasteiger partial charge in [0.1, 0.15) is 5.82 Å². The van der Waals surface area contributed by atoms with Gasteiger partial charge >= 0.3 is 0 Å². The molecule has 5 heteroatoms. The maximum absolute atomic E-state index is 13.1. The summed E-state index contributed by atoms with van der Waals surface area (Å²) < 4.78 is 13.1. The van der Waals surface area contributed by atoms with E-state index in [1.165, 1.54) is 6.07 Å². The Morgan fingerprint density at radius 2 is 2.22 bits per heavy atom. The third-order valence-electron chi connectivity index (χ3n) is 3.34. The van der Waals surface area contributed by atoms with Crippen molar-refractivity contribution in [2.24, 2.45) is 5.92 Å². The quantitative estimate of drug-likeness (QED) is 0.774. The summed E-state index contributed by atoms with van der Waals surface area (Å²) in [5.74, 6) is 0.0545. The van der Waals surface area contributed by atoms with E-state index in [1.807, 2.05) is 6.92 Å². The molecule has 1 saturated heterocycles. The summed E-state index contributed by atoms with van der Waals surface area (Å²) in [7, 11) is 0. The van der Waals surface area contributed by atoms with E-state index in [0.29, 0.717) is 13.1 Å². The average Bonchev–Trinajstić information content (AvgIpc) is 2.70. The smallest absolute Gasteiger partial charge is 0.123 e. The van der Waals surface area contributed by atoms with Crippen LogP contribution in [0.15, 0.2) is 18.2 Å². The van der Waals surface area contributed by atoms with Gasteiger partial charge in [0.15, 0.2) is 0 Å². The Bertz CT molecular complexity index is 389. The zero-order valence-electron chi connectivity index (χ0n) is 10.4. The molecule has 2 rings (SSSR count). The molecule has 102 valence electrons. The Morgan fingerprint density at radius 1 is 1.44 bits per heavy atom. The van der Waals surface area contributed by atoms with Gasteiger partial charge in [0.2, 0.25) is 0 Å². The number of aliphatic hydroxyl groups is 1. The normalized spacial score (nSPS) is 22.8. The van der Waals surface area contributed by atoms with Crippen LogP contribution < -0.4 is 10.6 Å². The van der Waals surface area contributed by atoms with Crippen LogP contribution in [0, 0.1) is 18.7 Å². The molecule has 3 N–H and O–H groups in total. The lowest BCUT2D eigenvalue weighted by molar-refractivity contribution is 0.146. The summed E-state index contributed by atoms with van der Waals surface area (Å²) in [6.45, 7) is 4.89. The van der Waals surface area contributed by atoms with Gasteiger partial charge < -0.3 is 15.7 Å². The molecule has 1 fully saturated rings. The average molecular weight is 275 g/mol. The third-order valence-corrected chi connectivity index (χ3v) is 3.34. The number of β-amino-alcohol motifs (C(OH)–C–C–N with tert-alkyl or cyclic N) is 1. The number of nitrogens with one attached hydrogen (secondary N) is 2. The fourth-order valence-corrected chi connectivity index (χ4v) is 2.15. The zero-order valence-corrected chi connectivity index (χ0v) is 11.3. The standard InChI is InChI=1S/C13H19FN2O.ClH/c1-9-2-3-12(14)4-10(9)5-15-6-11-7-16-8-13(11)17;/h2-4,11,13,15-17H,5-8H2,1H3;1H. The van der Waals surface area contributed by atoms with Crippen molar-refractivity contribution < 1.29 is 9.50 Å². The minimum Gasteiger partial charge on any atom is -0.391 e. The highest BCUT2D eigenvalue weighted by molar-refractivity contribution is 5.85. The number of aliphatic hydroxyl groups excluding tert-OH is 1. The molecule has 3 nitrogen and oxygen atoms in total. The molecule has 0 aliphatic carbocycles. The Morgan fingerprint density at radius 3 is 2.89 bits per heavy atom. The van der Waals surface area contributed by atoms with Crippen molar-refractivity contribution in [1.29, 1.82) is 0 Å². The predicted molar refractivity (Wildman–Crippen MR) is 72.5 cm³/mol. The Hall–Kier alpha value is -0.680. The number of aryl methyl sites for hydroxylation is 1. The molecular weight excluding hydrogens is 255 g/mol. The van der Waals surface area contributed by atoms with Crippen LogP contribution in [0.4, 0.5) is 4.39 Å². The van der Waals surface area contributed by atoms with E-state index in [2.05, 4.69) is 10.6 Å². The van der Waals surface area contributed by atoms with Gasteiger partial charge in [-0.15, -0.1) is 12.4 Å². The summed E-state index contributed by atoms with van der Waals surface area (Å²) in [6.07, 6.45) is -0.267. The molecule has 2 atom stereocenters. The van der Waals surface area contributed by atoms with Gasteiger partial charge in [0.05, 0.1) is 6.10 Å². The molecule has 1 aromatic carbocycles. The van der Waals surface area contributed by atoms with Crippen LogP contribution in [0.25, 0.3) is 0 Å². The molecule has 1 aliphatic rings. The fraction of sp³-hybridized carbons (Fsp3) is 0.538.